The lowest BCUT2D eigenvalue weighted by Gasteiger charge is -2.18. The molecule has 0 unspecified atom stereocenters. The van der Waals surface area contributed by atoms with Crippen molar-refractivity contribution >= 4 is 16.0 Å². The number of esters is 1. The van der Waals surface area contributed by atoms with Crippen LogP contribution in [0.5, 0.6) is 0 Å². The number of methoxy groups -OCH3 is 1. The fourth-order valence-electron chi connectivity index (χ4n) is 2.07. The summed E-state index contributed by atoms with van der Waals surface area (Å²) in [5.41, 5.74) is 0. The van der Waals surface area contributed by atoms with Crippen molar-refractivity contribution in [1.29, 1.82) is 0 Å². The van der Waals surface area contributed by atoms with Gasteiger partial charge in [0.15, 0.2) is 0 Å². The zero-order chi connectivity index (χ0) is 14.6. The molecule has 0 aromatic carbocycles. The molecule has 1 heterocycles. The molecule has 1 rings (SSSR count). The van der Waals surface area contributed by atoms with E-state index in [4.69, 9.17) is 0 Å². The Morgan fingerprint density at radius 2 is 2.16 bits per heavy atom. The van der Waals surface area contributed by atoms with Crippen molar-refractivity contribution in [3.05, 3.63) is 0 Å². The topological polar surface area (TPSA) is 75.7 Å². The fraction of sp³-hybridized carbons (Fsp3) is 0.909. The Labute approximate surface area is 113 Å². The van der Waals surface area contributed by atoms with E-state index in [0.29, 0.717) is 13.0 Å². The van der Waals surface area contributed by atoms with E-state index in [-0.39, 0.29) is 19.1 Å². The van der Waals surface area contributed by atoms with E-state index in [0.717, 1.165) is 7.11 Å². The number of rotatable bonds is 6. The zero-order valence-electron chi connectivity index (χ0n) is 11.4. The number of nitrogens with one attached hydrogen (secondary N) is 1. The maximum absolute atomic E-state index is 13.4. The first kappa shape index (κ1) is 16.3. The summed E-state index contributed by atoms with van der Waals surface area (Å²) >= 11 is 0. The number of sulfonamides is 1. The van der Waals surface area contributed by atoms with Crippen LogP contribution in [0.15, 0.2) is 0 Å². The summed E-state index contributed by atoms with van der Waals surface area (Å²) in [6, 6.07) is -0.164. The highest BCUT2D eigenvalue weighted by molar-refractivity contribution is 7.90. The van der Waals surface area contributed by atoms with Crippen LogP contribution < -0.4 is 4.72 Å². The molecule has 112 valence electrons. The highest BCUT2D eigenvalue weighted by Gasteiger charge is 2.35. The van der Waals surface area contributed by atoms with Crippen molar-refractivity contribution in [1.82, 2.24) is 9.62 Å². The lowest BCUT2D eigenvalue weighted by atomic mass is 10.3. The highest BCUT2D eigenvalue weighted by Crippen LogP contribution is 2.17. The number of alkyl halides is 1. The molecule has 8 heteroatoms. The smallest absolute Gasteiger partial charge is 0.341 e. The standard InChI is InChI=1S/C11H21FN2O4S/c1-8(2)13-19(16,17)9-4-5-14(6-9)7-10(12)11(15)18-3/h8-10,13H,4-7H2,1-3H3/t9-,10+/m0/s1. The highest BCUT2D eigenvalue weighted by atomic mass is 32.2. The average Bonchev–Trinajstić information content (AvgIpc) is 2.75. The zero-order valence-corrected chi connectivity index (χ0v) is 12.2. The third-order valence-corrected chi connectivity index (χ3v) is 5.01. The molecule has 2 atom stereocenters. The summed E-state index contributed by atoms with van der Waals surface area (Å²) in [6.07, 6.45) is -1.29. The minimum atomic E-state index is -3.38. The Morgan fingerprint density at radius 3 is 2.68 bits per heavy atom. The molecule has 1 saturated heterocycles. The van der Waals surface area contributed by atoms with Crippen molar-refractivity contribution in [3.63, 3.8) is 0 Å². The van der Waals surface area contributed by atoms with Gasteiger partial charge in [-0.25, -0.2) is 22.3 Å². The molecule has 0 spiro atoms. The van der Waals surface area contributed by atoms with Crippen LogP contribution >= 0.6 is 0 Å². The summed E-state index contributed by atoms with van der Waals surface area (Å²) in [7, 11) is -2.26. The molecule has 0 aromatic rings. The van der Waals surface area contributed by atoms with E-state index in [9.17, 15) is 17.6 Å². The maximum atomic E-state index is 13.4. The van der Waals surface area contributed by atoms with Crippen LogP contribution in [0.25, 0.3) is 0 Å². The Morgan fingerprint density at radius 1 is 1.53 bits per heavy atom. The molecule has 1 aliphatic rings. The van der Waals surface area contributed by atoms with Crippen LogP contribution in [0.4, 0.5) is 4.39 Å². The minimum absolute atomic E-state index is 0.125. The molecular formula is C11H21FN2O4S. The van der Waals surface area contributed by atoms with Gasteiger partial charge < -0.3 is 4.74 Å². The lowest BCUT2D eigenvalue weighted by Crippen LogP contribution is -2.41. The number of hydrogen-bond donors (Lipinski definition) is 1. The fourth-order valence-corrected chi connectivity index (χ4v) is 3.74. The second-order valence-corrected chi connectivity index (χ2v) is 6.97. The first-order valence-corrected chi connectivity index (χ1v) is 7.76. The van der Waals surface area contributed by atoms with E-state index >= 15 is 0 Å². The van der Waals surface area contributed by atoms with Gasteiger partial charge in [-0.3, -0.25) is 4.90 Å². The van der Waals surface area contributed by atoms with Gasteiger partial charge in [-0.05, 0) is 26.8 Å². The predicted molar refractivity (Wildman–Crippen MR) is 68.9 cm³/mol. The lowest BCUT2D eigenvalue weighted by molar-refractivity contribution is -0.147. The molecule has 6 nitrogen and oxygen atoms in total. The van der Waals surface area contributed by atoms with Crippen LogP contribution in [-0.2, 0) is 19.6 Å². The minimum Gasteiger partial charge on any atom is -0.467 e. The van der Waals surface area contributed by atoms with Gasteiger partial charge in [0.1, 0.15) is 0 Å². The Hall–Kier alpha value is -0.730. The van der Waals surface area contributed by atoms with Gasteiger partial charge in [-0.15, -0.1) is 0 Å². The van der Waals surface area contributed by atoms with Gasteiger partial charge in [-0.1, -0.05) is 0 Å². The SMILES string of the molecule is COC(=O)[C@H](F)CN1CC[C@H](S(=O)(=O)NC(C)C)C1. The number of halogens is 1. The molecule has 0 bridgehead atoms. The summed E-state index contributed by atoms with van der Waals surface area (Å²) in [4.78, 5) is 12.6. The van der Waals surface area contributed by atoms with Gasteiger partial charge in [0, 0.05) is 19.1 Å². The third kappa shape index (κ3) is 4.70. The summed E-state index contributed by atoms with van der Waals surface area (Å²) in [6.45, 7) is 4.07. The first-order chi connectivity index (χ1) is 8.76. The second-order valence-electron chi connectivity index (χ2n) is 4.98. The summed E-state index contributed by atoms with van der Waals surface area (Å²) in [5.74, 6) is -0.924. The average molecular weight is 296 g/mol. The van der Waals surface area contributed by atoms with Crippen molar-refractivity contribution in [2.24, 2.45) is 0 Å². The molecule has 0 radical (unpaired) electrons. The summed E-state index contributed by atoms with van der Waals surface area (Å²) < 4.78 is 44.1. The largest absolute Gasteiger partial charge is 0.467 e. The van der Waals surface area contributed by atoms with Crippen LogP contribution in [-0.4, -0.2) is 63.5 Å². The molecule has 19 heavy (non-hydrogen) atoms. The molecule has 0 saturated carbocycles. The van der Waals surface area contributed by atoms with Gasteiger partial charge >= 0.3 is 5.97 Å². The number of nitrogens with zero attached hydrogens (tertiary/aromatic N) is 1. The number of ether oxygens (including phenoxy) is 1. The number of likely N-dealkylation sites (tertiary alicyclic amines) is 1. The van der Waals surface area contributed by atoms with Gasteiger partial charge in [-0.2, -0.15) is 0 Å². The molecule has 0 aliphatic carbocycles. The molecule has 1 aliphatic heterocycles. The van der Waals surface area contributed by atoms with Crippen molar-refractivity contribution in [3.8, 4) is 0 Å². The summed E-state index contributed by atoms with van der Waals surface area (Å²) in [5, 5.41) is -0.556. The van der Waals surface area contributed by atoms with Crippen LogP contribution in [0.1, 0.15) is 20.3 Å². The molecular weight excluding hydrogens is 275 g/mol. The number of hydrogen-bond acceptors (Lipinski definition) is 5. The van der Waals surface area contributed by atoms with E-state index in [1.54, 1.807) is 18.7 Å². The van der Waals surface area contributed by atoms with Crippen molar-refractivity contribution in [2.45, 2.75) is 37.7 Å². The van der Waals surface area contributed by atoms with Gasteiger partial charge in [0.05, 0.1) is 12.4 Å². The normalized spacial score (nSPS) is 22.7. The number of carbonyl (C=O) groups excluding carboxylic acids is 1. The Kier molecular flexibility index (Phi) is 5.69. The maximum Gasteiger partial charge on any atom is 0.341 e. The van der Waals surface area contributed by atoms with Gasteiger partial charge in [0.2, 0.25) is 16.2 Å². The van der Waals surface area contributed by atoms with Crippen molar-refractivity contribution < 1.29 is 22.3 Å². The quantitative estimate of drug-likeness (QED) is 0.693. The second kappa shape index (κ2) is 6.62. The van der Waals surface area contributed by atoms with Crippen molar-refractivity contribution in [2.75, 3.05) is 26.7 Å². The van der Waals surface area contributed by atoms with Crippen LogP contribution in [0.3, 0.4) is 0 Å². The predicted octanol–water partition coefficient (Wildman–Crippen LogP) is -0.100. The number of carbonyl (C=O) groups is 1. The van der Waals surface area contributed by atoms with E-state index in [1.807, 2.05) is 0 Å². The molecule has 1 fully saturated rings. The van der Waals surface area contributed by atoms with Crippen LogP contribution in [0.2, 0.25) is 0 Å². The van der Waals surface area contributed by atoms with Crippen LogP contribution in [0, 0.1) is 0 Å². The Balaban J connectivity index is 2.52. The first-order valence-electron chi connectivity index (χ1n) is 6.21. The monoisotopic (exact) mass is 296 g/mol. The van der Waals surface area contributed by atoms with E-state index in [2.05, 4.69) is 9.46 Å². The Bertz CT molecular complexity index is 413. The molecule has 0 amide bonds. The third-order valence-electron chi connectivity index (χ3n) is 2.94. The molecule has 1 N–H and O–H groups in total. The van der Waals surface area contributed by atoms with E-state index in [1.165, 1.54) is 0 Å². The molecule has 0 aromatic heterocycles. The van der Waals surface area contributed by atoms with Gasteiger partial charge in [0.25, 0.3) is 0 Å². The van der Waals surface area contributed by atoms with E-state index < -0.39 is 27.4 Å².